The van der Waals surface area contributed by atoms with Gasteiger partial charge in [0.25, 0.3) is 0 Å². The average Bonchev–Trinajstić information content (AvgIpc) is 3.03. The SMILES string of the molecule is Cc1cccc(C(=O)C2=CC=CC2C(=O)c2cccc(C)c2)c1. The largest absolute Gasteiger partial charge is 0.293 e. The van der Waals surface area contributed by atoms with Crippen molar-refractivity contribution in [1.82, 2.24) is 0 Å². The molecule has 0 saturated heterocycles. The van der Waals surface area contributed by atoms with E-state index in [9.17, 15) is 9.59 Å². The lowest BCUT2D eigenvalue weighted by atomic mass is 9.88. The van der Waals surface area contributed by atoms with Crippen molar-refractivity contribution in [2.75, 3.05) is 0 Å². The third kappa shape index (κ3) is 3.07. The monoisotopic (exact) mass is 302 g/mol. The maximum absolute atomic E-state index is 12.8. The van der Waals surface area contributed by atoms with Gasteiger partial charge in [0.1, 0.15) is 0 Å². The van der Waals surface area contributed by atoms with E-state index in [2.05, 4.69) is 0 Å². The number of carbonyl (C=O) groups is 2. The van der Waals surface area contributed by atoms with Crippen LogP contribution in [-0.2, 0) is 0 Å². The fourth-order valence-corrected chi connectivity index (χ4v) is 2.85. The van der Waals surface area contributed by atoms with E-state index in [1.54, 1.807) is 30.4 Å². The second kappa shape index (κ2) is 6.17. The van der Waals surface area contributed by atoms with Crippen LogP contribution in [0.4, 0.5) is 0 Å². The average molecular weight is 302 g/mol. The molecule has 0 aliphatic heterocycles. The number of carbonyl (C=O) groups excluding carboxylic acids is 2. The van der Waals surface area contributed by atoms with Gasteiger partial charge in [0.15, 0.2) is 11.6 Å². The van der Waals surface area contributed by atoms with Crippen LogP contribution in [0.2, 0.25) is 0 Å². The molecule has 23 heavy (non-hydrogen) atoms. The van der Waals surface area contributed by atoms with Gasteiger partial charge in [0.2, 0.25) is 0 Å². The lowest BCUT2D eigenvalue weighted by Crippen LogP contribution is -2.19. The van der Waals surface area contributed by atoms with Gasteiger partial charge < -0.3 is 0 Å². The molecule has 2 nitrogen and oxygen atoms in total. The molecule has 3 rings (SSSR count). The van der Waals surface area contributed by atoms with Gasteiger partial charge in [-0.25, -0.2) is 0 Å². The minimum atomic E-state index is -0.496. The van der Waals surface area contributed by atoms with Gasteiger partial charge in [-0.1, -0.05) is 65.8 Å². The van der Waals surface area contributed by atoms with Crippen molar-refractivity contribution in [3.8, 4) is 0 Å². The molecule has 1 aliphatic carbocycles. The molecule has 0 bridgehead atoms. The van der Waals surface area contributed by atoms with Gasteiger partial charge in [0.05, 0.1) is 5.92 Å². The Morgan fingerprint density at radius 3 is 2.13 bits per heavy atom. The number of benzene rings is 2. The summed E-state index contributed by atoms with van der Waals surface area (Å²) in [5, 5.41) is 0. The van der Waals surface area contributed by atoms with Gasteiger partial charge in [-0.2, -0.15) is 0 Å². The first kappa shape index (κ1) is 15.2. The topological polar surface area (TPSA) is 34.1 Å². The first-order chi connectivity index (χ1) is 11.1. The number of rotatable bonds is 4. The highest BCUT2D eigenvalue weighted by atomic mass is 16.1. The minimum Gasteiger partial charge on any atom is -0.293 e. The summed E-state index contributed by atoms with van der Waals surface area (Å²) < 4.78 is 0. The van der Waals surface area contributed by atoms with Gasteiger partial charge in [0, 0.05) is 16.7 Å². The highest BCUT2D eigenvalue weighted by Crippen LogP contribution is 2.27. The molecule has 114 valence electrons. The highest BCUT2D eigenvalue weighted by Gasteiger charge is 2.29. The number of ketones is 2. The summed E-state index contributed by atoms with van der Waals surface area (Å²) in [4.78, 5) is 25.5. The van der Waals surface area contributed by atoms with E-state index >= 15 is 0 Å². The van der Waals surface area contributed by atoms with Crippen LogP contribution in [0.1, 0.15) is 31.8 Å². The zero-order valence-corrected chi connectivity index (χ0v) is 13.2. The molecule has 1 unspecified atom stereocenters. The van der Waals surface area contributed by atoms with Crippen molar-refractivity contribution in [2.45, 2.75) is 13.8 Å². The van der Waals surface area contributed by atoms with Crippen LogP contribution in [-0.4, -0.2) is 11.6 Å². The van der Waals surface area contributed by atoms with E-state index < -0.39 is 5.92 Å². The van der Waals surface area contributed by atoms with Crippen LogP contribution >= 0.6 is 0 Å². The van der Waals surface area contributed by atoms with Crippen LogP contribution < -0.4 is 0 Å². The summed E-state index contributed by atoms with van der Waals surface area (Å²) >= 11 is 0. The second-order valence-electron chi connectivity index (χ2n) is 5.92. The summed E-state index contributed by atoms with van der Waals surface area (Å²) in [7, 11) is 0. The summed E-state index contributed by atoms with van der Waals surface area (Å²) in [5.74, 6) is -0.607. The number of Topliss-reactive ketones (excluding diaryl/α,β-unsaturated/α-hetero) is 2. The molecule has 0 spiro atoms. The maximum Gasteiger partial charge on any atom is 0.190 e. The first-order valence-corrected chi connectivity index (χ1v) is 7.67. The molecule has 0 N–H and O–H groups in total. The molecule has 1 aliphatic rings. The minimum absolute atomic E-state index is 0.0327. The fraction of sp³-hybridized carbons (Fsp3) is 0.143. The van der Waals surface area contributed by atoms with Crippen molar-refractivity contribution in [3.63, 3.8) is 0 Å². The van der Waals surface area contributed by atoms with Crippen molar-refractivity contribution >= 4 is 11.6 Å². The molecule has 0 fully saturated rings. The quantitative estimate of drug-likeness (QED) is 0.780. The Kier molecular flexibility index (Phi) is 4.07. The van der Waals surface area contributed by atoms with Crippen molar-refractivity contribution in [2.24, 2.45) is 5.92 Å². The lowest BCUT2D eigenvalue weighted by Gasteiger charge is -2.13. The molecule has 0 radical (unpaired) electrons. The normalized spacial score (nSPS) is 16.3. The molecule has 2 heteroatoms. The van der Waals surface area contributed by atoms with E-state index in [0.29, 0.717) is 16.7 Å². The lowest BCUT2D eigenvalue weighted by molar-refractivity contribution is 0.0930. The molecule has 0 aromatic heterocycles. The number of aryl methyl sites for hydroxylation is 2. The first-order valence-electron chi connectivity index (χ1n) is 7.67. The van der Waals surface area contributed by atoms with Gasteiger partial charge in [-0.05, 0) is 26.0 Å². The van der Waals surface area contributed by atoms with Crippen molar-refractivity contribution in [1.29, 1.82) is 0 Å². The van der Waals surface area contributed by atoms with Gasteiger partial charge >= 0.3 is 0 Å². The third-order valence-electron chi connectivity index (χ3n) is 4.04. The Morgan fingerprint density at radius 1 is 0.870 bits per heavy atom. The van der Waals surface area contributed by atoms with Crippen molar-refractivity contribution in [3.05, 3.63) is 94.6 Å². The molecule has 0 heterocycles. The van der Waals surface area contributed by atoms with Crippen LogP contribution in [0.25, 0.3) is 0 Å². The Hall–Kier alpha value is -2.74. The molecule has 1 atom stereocenters. The molecular formula is C21H18O2. The molecular weight excluding hydrogens is 284 g/mol. The molecule has 2 aromatic carbocycles. The molecule has 0 amide bonds. The predicted molar refractivity (Wildman–Crippen MR) is 91.7 cm³/mol. The number of allylic oxidation sites excluding steroid dienone is 4. The Labute approximate surface area is 136 Å². The Bertz CT molecular complexity index is 840. The van der Waals surface area contributed by atoms with Crippen LogP contribution in [0, 0.1) is 19.8 Å². The Morgan fingerprint density at radius 2 is 1.48 bits per heavy atom. The third-order valence-corrected chi connectivity index (χ3v) is 4.04. The standard InChI is InChI=1S/C21H18O2/c1-14-6-3-8-16(12-14)20(22)18-10-5-11-19(18)21(23)17-9-4-7-15(2)13-17/h3-13,18H,1-2H3. The number of hydrogen-bond acceptors (Lipinski definition) is 2. The van der Waals surface area contributed by atoms with Gasteiger partial charge in [-0.3, -0.25) is 9.59 Å². The van der Waals surface area contributed by atoms with E-state index in [1.807, 2.05) is 50.2 Å². The van der Waals surface area contributed by atoms with Crippen LogP contribution in [0.5, 0.6) is 0 Å². The van der Waals surface area contributed by atoms with E-state index in [1.165, 1.54) is 0 Å². The predicted octanol–water partition coefficient (Wildman–Crippen LogP) is 4.48. The summed E-state index contributed by atoms with van der Waals surface area (Å²) in [6, 6.07) is 15.0. The maximum atomic E-state index is 12.8. The van der Waals surface area contributed by atoms with E-state index in [0.717, 1.165) is 11.1 Å². The molecule has 2 aromatic rings. The second-order valence-corrected chi connectivity index (χ2v) is 5.92. The molecule has 0 saturated carbocycles. The van der Waals surface area contributed by atoms with Crippen LogP contribution in [0.3, 0.4) is 0 Å². The smallest absolute Gasteiger partial charge is 0.190 e. The number of hydrogen-bond donors (Lipinski definition) is 0. The van der Waals surface area contributed by atoms with Crippen molar-refractivity contribution < 1.29 is 9.59 Å². The summed E-state index contributed by atoms with van der Waals surface area (Å²) in [6.45, 7) is 3.91. The summed E-state index contributed by atoms with van der Waals surface area (Å²) in [6.07, 6.45) is 5.35. The van der Waals surface area contributed by atoms with Crippen LogP contribution in [0.15, 0.2) is 72.3 Å². The zero-order valence-electron chi connectivity index (χ0n) is 13.2. The highest BCUT2D eigenvalue weighted by molar-refractivity contribution is 6.15. The fourth-order valence-electron chi connectivity index (χ4n) is 2.85. The van der Waals surface area contributed by atoms with Gasteiger partial charge in [-0.15, -0.1) is 0 Å². The zero-order chi connectivity index (χ0) is 16.4. The summed E-state index contributed by atoms with van der Waals surface area (Å²) in [5.41, 5.74) is 3.88. The Balaban J connectivity index is 1.89. The van der Waals surface area contributed by atoms with E-state index in [-0.39, 0.29) is 11.6 Å². The van der Waals surface area contributed by atoms with E-state index in [4.69, 9.17) is 0 Å².